The van der Waals surface area contributed by atoms with Crippen molar-refractivity contribution >= 4 is 22.8 Å². The van der Waals surface area contributed by atoms with Gasteiger partial charge >= 0.3 is 6.03 Å². The van der Waals surface area contributed by atoms with Crippen molar-refractivity contribution in [3.8, 4) is 22.5 Å². The number of anilines is 1. The number of hydrogen-bond acceptors (Lipinski definition) is 5. The third kappa shape index (κ3) is 7.84. The standard InChI is InChI=1S/C52H52N8O/c1-3-4-29-49-54-47-35-34-44(58(2)51(61)53-43-25-15-8-16-26-43)36-48(47)59(49)37-38-30-32-39(33-31-38)45-27-17-18-28-46(45)50-55-56-57-60(50)52(40-19-9-5-10-20-40,41-21-11-6-12-22-41)42-23-13-7-14-24-42/h5-7,9-14,17-24,27-28,30-36,43H,3-4,8,15-16,25-26,29,37H2,1-2H3,(H,53,61). The number of hydrogen-bond donors (Lipinski definition) is 1. The Morgan fingerprint density at radius 1 is 0.738 bits per heavy atom. The van der Waals surface area contributed by atoms with E-state index in [-0.39, 0.29) is 12.1 Å². The van der Waals surface area contributed by atoms with Gasteiger partial charge in [0.15, 0.2) is 5.82 Å². The maximum Gasteiger partial charge on any atom is 0.321 e. The molecule has 0 saturated heterocycles. The zero-order chi connectivity index (χ0) is 41.6. The second-order valence-electron chi connectivity index (χ2n) is 16.2. The first kappa shape index (κ1) is 39.6. The first-order valence-electron chi connectivity index (χ1n) is 21.7. The van der Waals surface area contributed by atoms with Crippen molar-refractivity contribution < 1.29 is 4.79 Å². The Hall–Kier alpha value is -6.87. The lowest BCUT2D eigenvalue weighted by Gasteiger charge is -2.36. The average Bonchev–Trinajstić information content (AvgIpc) is 3.95. The van der Waals surface area contributed by atoms with E-state index < -0.39 is 5.54 Å². The zero-order valence-electron chi connectivity index (χ0n) is 35.0. The van der Waals surface area contributed by atoms with E-state index in [1.54, 1.807) is 4.90 Å². The fourth-order valence-electron chi connectivity index (χ4n) is 9.10. The van der Waals surface area contributed by atoms with Crippen LogP contribution in [0.15, 0.2) is 158 Å². The van der Waals surface area contributed by atoms with Crippen molar-refractivity contribution in [2.24, 2.45) is 0 Å². The van der Waals surface area contributed by atoms with Crippen molar-refractivity contribution in [3.63, 3.8) is 0 Å². The number of aryl methyl sites for hydroxylation is 1. The summed E-state index contributed by atoms with van der Waals surface area (Å²) in [4.78, 5) is 20.2. The van der Waals surface area contributed by atoms with Crippen LogP contribution in [0.2, 0.25) is 0 Å². The molecule has 0 aliphatic heterocycles. The molecule has 0 bridgehead atoms. The summed E-state index contributed by atoms with van der Waals surface area (Å²) in [6.45, 7) is 2.87. The van der Waals surface area contributed by atoms with Gasteiger partial charge < -0.3 is 9.88 Å². The molecule has 9 rings (SSSR count). The number of urea groups is 1. The van der Waals surface area contributed by atoms with E-state index in [0.29, 0.717) is 12.4 Å². The van der Waals surface area contributed by atoms with Gasteiger partial charge in [0.2, 0.25) is 0 Å². The Morgan fingerprint density at radius 3 is 1.97 bits per heavy atom. The number of amides is 2. The van der Waals surface area contributed by atoms with Crippen LogP contribution in [0.4, 0.5) is 10.5 Å². The van der Waals surface area contributed by atoms with Crippen LogP contribution in [0.5, 0.6) is 0 Å². The van der Waals surface area contributed by atoms with E-state index in [1.807, 2.05) is 36.0 Å². The van der Waals surface area contributed by atoms with Crippen LogP contribution in [0.25, 0.3) is 33.5 Å². The highest BCUT2D eigenvalue weighted by Gasteiger charge is 2.42. The number of benzene rings is 6. The van der Waals surface area contributed by atoms with Gasteiger partial charge in [-0.2, -0.15) is 0 Å². The number of rotatable bonds is 13. The first-order chi connectivity index (χ1) is 30.0. The lowest BCUT2D eigenvalue weighted by molar-refractivity contribution is 0.239. The summed E-state index contributed by atoms with van der Waals surface area (Å²) in [5.41, 5.74) is 9.30. The van der Waals surface area contributed by atoms with E-state index in [0.717, 1.165) is 93.6 Å². The smallest absolute Gasteiger partial charge is 0.321 e. The minimum Gasteiger partial charge on any atom is -0.335 e. The van der Waals surface area contributed by atoms with Crippen LogP contribution in [-0.2, 0) is 18.5 Å². The van der Waals surface area contributed by atoms with Crippen molar-refractivity contribution in [3.05, 3.63) is 186 Å². The van der Waals surface area contributed by atoms with Gasteiger partial charge in [0.05, 0.1) is 11.0 Å². The highest BCUT2D eigenvalue weighted by atomic mass is 16.2. The molecule has 2 heterocycles. The van der Waals surface area contributed by atoms with Gasteiger partial charge in [0.25, 0.3) is 0 Å². The van der Waals surface area contributed by atoms with Gasteiger partial charge in [0.1, 0.15) is 11.4 Å². The topological polar surface area (TPSA) is 93.8 Å². The normalized spacial score (nSPS) is 13.3. The largest absolute Gasteiger partial charge is 0.335 e. The van der Waals surface area contributed by atoms with Crippen LogP contribution < -0.4 is 10.2 Å². The molecule has 9 heteroatoms. The molecule has 61 heavy (non-hydrogen) atoms. The van der Waals surface area contributed by atoms with Gasteiger partial charge in [-0.05, 0) is 81.3 Å². The van der Waals surface area contributed by atoms with Crippen molar-refractivity contribution in [2.75, 3.05) is 11.9 Å². The number of carbonyl (C=O) groups is 1. The minimum absolute atomic E-state index is 0.0562. The Morgan fingerprint density at radius 2 is 1.34 bits per heavy atom. The maximum atomic E-state index is 13.4. The maximum absolute atomic E-state index is 13.4. The molecule has 6 aromatic carbocycles. The third-order valence-electron chi connectivity index (χ3n) is 12.3. The van der Waals surface area contributed by atoms with E-state index >= 15 is 0 Å². The van der Waals surface area contributed by atoms with Gasteiger partial charge in [-0.1, -0.05) is 172 Å². The minimum atomic E-state index is -0.865. The van der Waals surface area contributed by atoms with Crippen LogP contribution in [0.3, 0.4) is 0 Å². The number of imidazole rings is 1. The van der Waals surface area contributed by atoms with E-state index in [4.69, 9.17) is 15.3 Å². The molecule has 0 unspecified atom stereocenters. The molecule has 0 radical (unpaired) electrons. The fourth-order valence-corrected chi connectivity index (χ4v) is 9.10. The lowest BCUT2D eigenvalue weighted by atomic mass is 9.77. The quantitative estimate of drug-likeness (QED) is 0.117. The van der Waals surface area contributed by atoms with Gasteiger partial charge in [0, 0.05) is 37.3 Å². The third-order valence-corrected chi connectivity index (χ3v) is 12.3. The Balaban J connectivity index is 1.07. The van der Waals surface area contributed by atoms with E-state index in [1.165, 1.54) is 19.3 Å². The highest BCUT2D eigenvalue weighted by Crippen LogP contribution is 2.43. The molecule has 0 atom stereocenters. The monoisotopic (exact) mass is 804 g/mol. The number of tetrazole rings is 1. The summed E-state index contributed by atoms with van der Waals surface area (Å²) in [6.07, 6.45) is 8.71. The molecule has 2 amide bonds. The number of nitrogens with zero attached hydrogens (tertiary/aromatic N) is 7. The predicted molar refractivity (Wildman–Crippen MR) is 245 cm³/mol. The van der Waals surface area contributed by atoms with Gasteiger partial charge in [-0.15, -0.1) is 5.10 Å². The number of unbranched alkanes of at least 4 members (excludes halogenated alkanes) is 1. The Labute approximate surface area is 358 Å². The summed E-state index contributed by atoms with van der Waals surface area (Å²) < 4.78 is 4.32. The first-order valence-corrected chi connectivity index (χ1v) is 21.7. The lowest BCUT2D eigenvalue weighted by Crippen LogP contribution is -2.43. The SMILES string of the molecule is CCCCc1nc2ccc(N(C)C(=O)NC3CCCCC3)cc2n1Cc1ccc(-c2ccccc2-c2nnnn2C(c2ccccc2)(c2ccccc2)c2ccccc2)cc1. The van der Waals surface area contributed by atoms with Crippen LogP contribution >= 0.6 is 0 Å². The molecule has 1 fully saturated rings. The van der Waals surface area contributed by atoms with E-state index in [2.05, 4.69) is 155 Å². The van der Waals surface area contributed by atoms with Crippen molar-refractivity contribution in [1.82, 2.24) is 35.1 Å². The molecule has 306 valence electrons. The van der Waals surface area contributed by atoms with Crippen LogP contribution in [0.1, 0.15) is 79.9 Å². The van der Waals surface area contributed by atoms with Crippen LogP contribution in [-0.4, -0.2) is 48.9 Å². The molecule has 0 spiro atoms. The number of nitrogens with one attached hydrogen (secondary N) is 1. The second kappa shape index (κ2) is 17.8. The number of carbonyl (C=O) groups excluding carboxylic acids is 1. The molecule has 1 N–H and O–H groups in total. The fraction of sp³-hybridized carbons (Fsp3) is 0.250. The molecule has 8 aromatic rings. The second-order valence-corrected chi connectivity index (χ2v) is 16.2. The highest BCUT2D eigenvalue weighted by molar-refractivity contribution is 5.94. The Kier molecular flexibility index (Phi) is 11.5. The number of fused-ring (bicyclic) bond motifs is 1. The van der Waals surface area contributed by atoms with E-state index in [9.17, 15) is 4.79 Å². The van der Waals surface area contributed by atoms with Gasteiger partial charge in [-0.25, -0.2) is 14.5 Å². The molecule has 9 nitrogen and oxygen atoms in total. The number of aromatic nitrogens is 6. The zero-order valence-corrected chi connectivity index (χ0v) is 35.0. The summed E-state index contributed by atoms with van der Waals surface area (Å²) in [5.74, 6) is 1.72. The average molecular weight is 805 g/mol. The predicted octanol–water partition coefficient (Wildman–Crippen LogP) is 11.1. The molecule has 2 aromatic heterocycles. The molecule has 1 saturated carbocycles. The van der Waals surface area contributed by atoms with Crippen molar-refractivity contribution in [1.29, 1.82) is 0 Å². The van der Waals surface area contributed by atoms with Gasteiger partial charge in [-0.3, -0.25) is 4.90 Å². The Bertz CT molecular complexity index is 2610. The summed E-state index contributed by atoms with van der Waals surface area (Å²) >= 11 is 0. The summed E-state index contributed by atoms with van der Waals surface area (Å²) in [7, 11) is 1.86. The molecule has 1 aliphatic carbocycles. The van der Waals surface area contributed by atoms with Crippen molar-refractivity contribution in [2.45, 2.75) is 76.4 Å². The van der Waals surface area contributed by atoms with Crippen LogP contribution in [0, 0.1) is 0 Å². The summed E-state index contributed by atoms with van der Waals surface area (Å²) in [6, 6.07) is 55.0. The summed E-state index contributed by atoms with van der Waals surface area (Å²) in [5, 5.41) is 17.2. The molecular weight excluding hydrogens is 753 g/mol. The molecule has 1 aliphatic rings. The molecular formula is C52H52N8O.